The van der Waals surface area contributed by atoms with Gasteiger partial charge in [-0.2, -0.15) is 5.10 Å². The number of likely N-dealkylation sites (tertiary alicyclic amines) is 1. The summed E-state index contributed by atoms with van der Waals surface area (Å²) in [4.78, 5) is 13.7. The Hall–Kier alpha value is -5.06. The third-order valence-electron chi connectivity index (χ3n) is 10.7. The first-order chi connectivity index (χ1) is 24.2. The molecular formula is C45H43N3O. The number of benzene rings is 5. The maximum atomic E-state index is 11.1. The molecular weight excluding hydrogens is 599 g/mol. The predicted octanol–water partition coefficient (Wildman–Crippen LogP) is 9.78. The van der Waals surface area contributed by atoms with Gasteiger partial charge >= 0.3 is 0 Å². The van der Waals surface area contributed by atoms with Crippen LogP contribution in [0.3, 0.4) is 0 Å². The van der Waals surface area contributed by atoms with Crippen LogP contribution in [0.2, 0.25) is 0 Å². The number of nitrogens with zero attached hydrogens (tertiary/aromatic N) is 2. The number of hydrogen-bond acceptors (Lipinski definition) is 3. The second-order valence-electron chi connectivity index (χ2n) is 13.8. The van der Waals surface area contributed by atoms with E-state index < -0.39 is 0 Å². The zero-order chi connectivity index (χ0) is 33.0. The van der Waals surface area contributed by atoms with Crippen molar-refractivity contribution in [3.05, 3.63) is 177 Å². The van der Waals surface area contributed by atoms with Crippen LogP contribution in [0.1, 0.15) is 71.4 Å². The van der Waals surface area contributed by atoms with Crippen LogP contribution in [0.5, 0.6) is 0 Å². The van der Waals surface area contributed by atoms with Gasteiger partial charge < -0.3 is 0 Å². The molecule has 0 amide bonds. The molecule has 0 radical (unpaired) electrons. The zero-order valence-corrected chi connectivity index (χ0v) is 28.1. The van der Waals surface area contributed by atoms with Gasteiger partial charge in [-0.1, -0.05) is 121 Å². The fraction of sp³-hybridized carbons (Fsp3) is 0.244. The Morgan fingerprint density at radius 1 is 0.735 bits per heavy atom. The molecule has 0 bridgehead atoms. The maximum Gasteiger partial charge on any atom is 0.272 e. The van der Waals surface area contributed by atoms with Crippen LogP contribution < -0.4 is 5.56 Å². The van der Waals surface area contributed by atoms with Gasteiger partial charge in [-0.15, -0.1) is 0 Å². The second kappa shape index (κ2) is 14.2. The summed E-state index contributed by atoms with van der Waals surface area (Å²) in [6, 6.07) is 39.5. The summed E-state index contributed by atoms with van der Waals surface area (Å²) in [7, 11) is 0. The molecule has 0 atom stereocenters. The van der Waals surface area contributed by atoms with Gasteiger partial charge in [0.2, 0.25) is 0 Å². The van der Waals surface area contributed by atoms with Crippen LogP contribution in [0, 0.1) is 0 Å². The highest BCUT2D eigenvalue weighted by Crippen LogP contribution is 2.41. The number of allylic oxidation sites excluding steroid dienone is 4. The lowest BCUT2D eigenvalue weighted by atomic mass is 9.78. The normalized spacial score (nSPS) is 16.2. The zero-order valence-electron chi connectivity index (χ0n) is 28.1. The molecule has 0 spiro atoms. The maximum absolute atomic E-state index is 11.1. The van der Waals surface area contributed by atoms with Crippen LogP contribution in [0.4, 0.5) is 0 Å². The van der Waals surface area contributed by atoms with Crippen molar-refractivity contribution >= 4 is 27.1 Å². The van der Waals surface area contributed by atoms with Crippen molar-refractivity contribution in [3.63, 3.8) is 0 Å². The van der Waals surface area contributed by atoms with Gasteiger partial charge in [0.25, 0.3) is 5.56 Å². The average molecular weight is 642 g/mol. The van der Waals surface area contributed by atoms with Crippen LogP contribution >= 0.6 is 0 Å². The monoisotopic (exact) mass is 641 g/mol. The summed E-state index contributed by atoms with van der Waals surface area (Å²) in [5, 5.41) is 10.5. The third-order valence-corrected chi connectivity index (χ3v) is 10.7. The first-order valence-corrected chi connectivity index (χ1v) is 17.9. The topological polar surface area (TPSA) is 49.0 Å². The van der Waals surface area contributed by atoms with Crippen molar-refractivity contribution < 1.29 is 0 Å². The lowest BCUT2D eigenvalue weighted by molar-refractivity contribution is 0.204. The van der Waals surface area contributed by atoms with Gasteiger partial charge in [0.15, 0.2) is 0 Å². The van der Waals surface area contributed by atoms with E-state index in [0.29, 0.717) is 5.39 Å². The fourth-order valence-electron chi connectivity index (χ4n) is 8.15. The molecule has 2 heterocycles. The number of rotatable bonds is 5. The first kappa shape index (κ1) is 31.2. The van der Waals surface area contributed by atoms with E-state index in [0.717, 1.165) is 24.3 Å². The largest absolute Gasteiger partial charge is 0.299 e. The van der Waals surface area contributed by atoms with Gasteiger partial charge in [-0.3, -0.25) is 9.69 Å². The molecule has 244 valence electrons. The number of hydrogen-bond donors (Lipinski definition) is 1. The first-order valence-electron chi connectivity index (χ1n) is 17.9. The Labute approximate surface area is 288 Å². The number of aromatic nitrogens is 2. The number of piperidine rings is 1. The third kappa shape index (κ3) is 6.79. The minimum absolute atomic E-state index is 0.136. The van der Waals surface area contributed by atoms with Gasteiger partial charge in [0.05, 0.1) is 6.20 Å². The van der Waals surface area contributed by atoms with Gasteiger partial charge in [0.1, 0.15) is 0 Å². The molecule has 9 rings (SSSR count). The van der Waals surface area contributed by atoms with Gasteiger partial charge in [-0.25, -0.2) is 5.10 Å². The summed E-state index contributed by atoms with van der Waals surface area (Å²) < 4.78 is 0. The molecule has 2 aliphatic carbocycles. The van der Waals surface area contributed by atoms with Crippen LogP contribution in [0.25, 0.3) is 27.1 Å². The highest BCUT2D eigenvalue weighted by atomic mass is 16.1. The molecule has 1 N–H and O–H groups in total. The molecule has 1 aromatic heterocycles. The van der Waals surface area contributed by atoms with Crippen LogP contribution in [0.15, 0.2) is 138 Å². The molecule has 3 aliphatic rings. The highest BCUT2D eigenvalue weighted by molar-refractivity contribution is 5.96. The van der Waals surface area contributed by atoms with Crippen molar-refractivity contribution in [2.75, 3.05) is 13.1 Å². The van der Waals surface area contributed by atoms with Crippen LogP contribution in [-0.4, -0.2) is 28.2 Å². The molecule has 4 nitrogen and oxygen atoms in total. The van der Waals surface area contributed by atoms with E-state index in [-0.39, 0.29) is 5.56 Å². The molecule has 5 aromatic carbocycles. The predicted molar refractivity (Wildman–Crippen MR) is 203 cm³/mol. The quantitative estimate of drug-likeness (QED) is 0.204. The van der Waals surface area contributed by atoms with Gasteiger partial charge in [0, 0.05) is 17.3 Å². The van der Waals surface area contributed by atoms with Crippen molar-refractivity contribution in [3.8, 4) is 0 Å². The fourth-order valence-corrected chi connectivity index (χ4v) is 8.15. The minimum atomic E-state index is -0.136. The summed E-state index contributed by atoms with van der Waals surface area (Å²) in [5.41, 5.74) is 11.9. The van der Waals surface area contributed by atoms with E-state index in [2.05, 4.69) is 112 Å². The van der Waals surface area contributed by atoms with E-state index in [1.54, 1.807) is 23.4 Å². The van der Waals surface area contributed by atoms with Crippen molar-refractivity contribution in [2.24, 2.45) is 0 Å². The summed E-state index contributed by atoms with van der Waals surface area (Å²) in [6.45, 7) is 3.44. The van der Waals surface area contributed by atoms with Crippen molar-refractivity contribution in [1.29, 1.82) is 0 Å². The molecule has 1 aliphatic heterocycles. The van der Waals surface area contributed by atoms with E-state index in [1.165, 1.54) is 95.8 Å². The average Bonchev–Trinajstić information content (AvgIpc) is 3.16. The molecule has 1 fully saturated rings. The smallest absolute Gasteiger partial charge is 0.272 e. The lowest BCUT2D eigenvalue weighted by Crippen LogP contribution is -2.32. The van der Waals surface area contributed by atoms with Gasteiger partial charge in [-0.05, 0) is 120 Å². The lowest BCUT2D eigenvalue weighted by Gasteiger charge is -2.32. The van der Waals surface area contributed by atoms with E-state index in [1.807, 2.05) is 18.2 Å². The van der Waals surface area contributed by atoms with E-state index >= 15 is 0 Å². The van der Waals surface area contributed by atoms with E-state index in [4.69, 9.17) is 0 Å². The molecule has 1 saturated heterocycles. The Bertz CT molecular complexity index is 2200. The number of aromatic amines is 1. The Kier molecular flexibility index (Phi) is 9.05. The number of fused-ring (bicyclic) bond motifs is 5. The molecule has 0 unspecified atom stereocenters. The summed E-state index contributed by atoms with van der Waals surface area (Å²) in [5.74, 6) is 0.721. The standard InChI is InChI=1S/C37H37N.C8H6N2O/c1-2-7-29(8-3-1)30-21-23-38(24-22-30)26-28-15-13-27(14-16-28)25-33-11-6-10-32-18-19-35-34-12-5-4-9-31(34)17-20-36(35)37(32)33;11-8-7-4-2-1-3-6(7)5-9-10-8/h1-3,5-8,10-16,18-19,30H,4,9,17,20-26H2;1-5H,(H,10,11). The molecule has 4 heteroatoms. The number of aryl methyl sites for hydroxylation is 1. The highest BCUT2D eigenvalue weighted by Gasteiger charge is 2.22. The van der Waals surface area contributed by atoms with E-state index in [9.17, 15) is 4.79 Å². The SMILES string of the molecule is C1=CC2=C(CC1)CCc1c2ccc2cccc(Cc3ccc(CN4CCC(c5ccccc5)CC4)cc3)c12.O=c1[nH]ncc2ccccc12. The van der Waals surface area contributed by atoms with Crippen LogP contribution in [-0.2, 0) is 19.4 Å². The molecule has 0 saturated carbocycles. The second-order valence-corrected chi connectivity index (χ2v) is 13.8. The Morgan fingerprint density at radius 2 is 1.51 bits per heavy atom. The molecule has 6 aromatic rings. The van der Waals surface area contributed by atoms with Crippen molar-refractivity contribution in [2.45, 2.75) is 57.4 Å². The van der Waals surface area contributed by atoms with Crippen molar-refractivity contribution in [1.82, 2.24) is 15.1 Å². The Balaban J connectivity index is 0.000000269. The number of nitrogens with one attached hydrogen (secondary N) is 1. The summed E-state index contributed by atoms with van der Waals surface area (Å²) >= 11 is 0. The summed E-state index contributed by atoms with van der Waals surface area (Å²) in [6.07, 6.45) is 14.7. The minimum Gasteiger partial charge on any atom is -0.299 e. The Morgan fingerprint density at radius 3 is 2.35 bits per heavy atom. The molecule has 49 heavy (non-hydrogen) atoms. The number of H-pyrrole nitrogens is 1.